The Morgan fingerprint density at radius 1 is 1.43 bits per heavy atom. The highest BCUT2D eigenvalue weighted by Gasteiger charge is 2.33. The molecule has 0 radical (unpaired) electrons. The van der Waals surface area contributed by atoms with Crippen molar-refractivity contribution in [2.24, 2.45) is 5.92 Å². The second kappa shape index (κ2) is 6.93. The Morgan fingerprint density at radius 2 is 2.19 bits per heavy atom. The summed E-state index contributed by atoms with van der Waals surface area (Å²) in [5.41, 5.74) is 0. The van der Waals surface area contributed by atoms with E-state index >= 15 is 0 Å². The molecule has 0 spiro atoms. The molecule has 2 heterocycles. The number of aliphatic hydroxyl groups is 2. The summed E-state index contributed by atoms with van der Waals surface area (Å²) in [5, 5.41) is 19.5. The van der Waals surface area contributed by atoms with Crippen molar-refractivity contribution in [3.05, 3.63) is 17.9 Å². The summed E-state index contributed by atoms with van der Waals surface area (Å²) in [6.45, 7) is 2.97. The topological polar surface area (TPSA) is 92.4 Å². The number of nitrogens with zero attached hydrogens (tertiary/aromatic N) is 1. The SMILES string of the molecule is CCOc1ccc(C(=O)N(C)C[C@@H]2COC[C@@H](O)[C@H]2O)o1. The van der Waals surface area contributed by atoms with Gasteiger partial charge >= 0.3 is 0 Å². The van der Waals surface area contributed by atoms with Gasteiger partial charge in [-0.15, -0.1) is 0 Å². The maximum absolute atomic E-state index is 12.2. The summed E-state index contributed by atoms with van der Waals surface area (Å²) in [7, 11) is 1.61. The Hall–Kier alpha value is -1.57. The van der Waals surface area contributed by atoms with E-state index in [2.05, 4.69) is 0 Å². The van der Waals surface area contributed by atoms with E-state index in [0.717, 1.165) is 0 Å². The van der Waals surface area contributed by atoms with E-state index < -0.39 is 12.2 Å². The van der Waals surface area contributed by atoms with Crippen LogP contribution in [0.1, 0.15) is 17.5 Å². The maximum atomic E-state index is 12.2. The summed E-state index contributed by atoms with van der Waals surface area (Å²) in [4.78, 5) is 13.7. The molecule has 0 aliphatic carbocycles. The Kier molecular flexibility index (Phi) is 5.22. The van der Waals surface area contributed by atoms with Gasteiger partial charge in [-0.05, 0) is 13.0 Å². The van der Waals surface area contributed by atoms with Crippen LogP contribution in [0.15, 0.2) is 16.5 Å². The lowest BCUT2D eigenvalue weighted by molar-refractivity contribution is -0.123. The van der Waals surface area contributed by atoms with E-state index in [-0.39, 0.29) is 30.7 Å². The van der Waals surface area contributed by atoms with E-state index in [1.165, 1.54) is 4.90 Å². The number of carbonyl (C=O) groups is 1. The molecular weight excluding hydrogens is 278 g/mol. The van der Waals surface area contributed by atoms with Gasteiger partial charge in [0.1, 0.15) is 6.10 Å². The maximum Gasteiger partial charge on any atom is 0.289 e. The van der Waals surface area contributed by atoms with Crippen LogP contribution in [-0.4, -0.2) is 66.6 Å². The molecular formula is C14H21NO6. The van der Waals surface area contributed by atoms with Gasteiger partial charge in [-0.1, -0.05) is 0 Å². The number of rotatable bonds is 5. The molecule has 0 unspecified atom stereocenters. The zero-order chi connectivity index (χ0) is 15.4. The predicted octanol–water partition coefficient (Wildman–Crippen LogP) is 0.118. The molecule has 2 N–H and O–H groups in total. The Labute approximate surface area is 123 Å². The molecule has 1 aliphatic rings. The Balaban J connectivity index is 1.95. The van der Waals surface area contributed by atoms with Crippen molar-refractivity contribution < 1.29 is 28.9 Å². The number of aliphatic hydroxyl groups excluding tert-OH is 2. The lowest BCUT2D eigenvalue weighted by Gasteiger charge is -2.34. The van der Waals surface area contributed by atoms with E-state index in [1.54, 1.807) is 19.2 Å². The molecule has 1 fully saturated rings. The third-order valence-electron chi connectivity index (χ3n) is 3.43. The smallest absolute Gasteiger partial charge is 0.289 e. The number of furan rings is 1. The summed E-state index contributed by atoms with van der Waals surface area (Å²) in [5.74, 6) is -0.171. The first-order valence-corrected chi connectivity index (χ1v) is 6.95. The van der Waals surface area contributed by atoms with Crippen LogP contribution >= 0.6 is 0 Å². The zero-order valence-corrected chi connectivity index (χ0v) is 12.2. The average Bonchev–Trinajstić information content (AvgIpc) is 2.92. The second-order valence-corrected chi connectivity index (χ2v) is 5.09. The van der Waals surface area contributed by atoms with Gasteiger partial charge in [0.2, 0.25) is 0 Å². The van der Waals surface area contributed by atoms with Crippen molar-refractivity contribution in [1.82, 2.24) is 4.90 Å². The first kappa shape index (κ1) is 15.8. The van der Waals surface area contributed by atoms with E-state index in [9.17, 15) is 15.0 Å². The Bertz CT molecular complexity index is 474. The van der Waals surface area contributed by atoms with Crippen LogP contribution in [0, 0.1) is 5.92 Å². The highest BCUT2D eigenvalue weighted by Crippen LogP contribution is 2.20. The van der Waals surface area contributed by atoms with Crippen LogP contribution in [0.25, 0.3) is 0 Å². The van der Waals surface area contributed by atoms with Crippen molar-refractivity contribution in [1.29, 1.82) is 0 Å². The van der Waals surface area contributed by atoms with Gasteiger partial charge in [0, 0.05) is 25.6 Å². The van der Waals surface area contributed by atoms with Gasteiger partial charge < -0.3 is 29.0 Å². The predicted molar refractivity (Wildman–Crippen MR) is 73.2 cm³/mol. The number of hydrogen-bond donors (Lipinski definition) is 2. The number of amides is 1. The quantitative estimate of drug-likeness (QED) is 0.802. The molecule has 21 heavy (non-hydrogen) atoms. The standard InChI is InChI=1S/C14H21NO6/c1-3-20-12-5-4-11(21-12)14(18)15(2)6-9-7-19-8-10(16)13(9)17/h4-5,9-10,13,16-17H,3,6-8H2,1-2H3/t9-,10-,13+/m1/s1. The zero-order valence-electron chi connectivity index (χ0n) is 12.2. The van der Waals surface area contributed by atoms with Crippen molar-refractivity contribution in [2.45, 2.75) is 19.1 Å². The molecule has 7 nitrogen and oxygen atoms in total. The fourth-order valence-electron chi connectivity index (χ4n) is 2.29. The highest BCUT2D eigenvalue weighted by atomic mass is 16.6. The molecule has 1 aliphatic heterocycles. The van der Waals surface area contributed by atoms with Crippen LogP contribution in [0.5, 0.6) is 5.95 Å². The first-order valence-electron chi connectivity index (χ1n) is 6.95. The largest absolute Gasteiger partial charge is 0.465 e. The van der Waals surface area contributed by atoms with Crippen LogP contribution in [0.4, 0.5) is 0 Å². The van der Waals surface area contributed by atoms with Gasteiger partial charge in [0.05, 0.1) is 25.9 Å². The molecule has 3 atom stereocenters. The van der Waals surface area contributed by atoms with Crippen molar-refractivity contribution in [3.63, 3.8) is 0 Å². The third kappa shape index (κ3) is 3.75. The third-order valence-corrected chi connectivity index (χ3v) is 3.43. The monoisotopic (exact) mass is 299 g/mol. The molecule has 0 bridgehead atoms. The van der Waals surface area contributed by atoms with Gasteiger partial charge in [-0.3, -0.25) is 4.79 Å². The van der Waals surface area contributed by atoms with Crippen molar-refractivity contribution >= 4 is 5.91 Å². The van der Waals surface area contributed by atoms with E-state index in [4.69, 9.17) is 13.9 Å². The second-order valence-electron chi connectivity index (χ2n) is 5.09. The minimum absolute atomic E-state index is 0.116. The lowest BCUT2D eigenvalue weighted by Crippen LogP contribution is -2.48. The van der Waals surface area contributed by atoms with Gasteiger partial charge in [0.25, 0.3) is 11.9 Å². The van der Waals surface area contributed by atoms with Crippen LogP contribution < -0.4 is 4.74 Å². The highest BCUT2D eigenvalue weighted by molar-refractivity contribution is 5.91. The fourth-order valence-corrected chi connectivity index (χ4v) is 2.29. The Morgan fingerprint density at radius 3 is 2.90 bits per heavy atom. The summed E-state index contributed by atoms with van der Waals surface area (Å²) in [6.07, 6.45) is -1.81. The van der Waals surface area contributed by atoms with Gasteiger partial charge in [-0.2, -0.15) is 0 Å². The van der Waals surface area contributed by atoms with Gasteiger partial charge in [0.15, 0.2) is 5.76 Å². The summed E-state index contributed by atoms with van der Waals surface area (Å²) >= 11 is 0. The molecule has 1 aromatic rings. The molecule has 7 heteroatoms. The van der Waals surface area contributed by atoms with E-state index in [0.29, 0.717) is 19.2 Å². The average molecular weight is 299 g/mol. The number of ether oxygens (including phenoxy) is 2. The van der Waals surface area contributed by atoms with Crippen LogP contribution in [0.3, 0.4) is 0 Å². The van der Waals surface area contributed by atoms with Gasteiger partial charge in [-0.25, -0.2) is 0 Å². The summed E-state index contributed by atoms with van der Waals surface area (Å²) < 4.78 is 15.7. The fraction of sp³-hybridized carbons (Fsp3) is 0.643. The lowest BCUT2D eigenvalue weighted by atomic mass is 9.96. The molecule has 2 rings (SSSR count). The number of carbonyl (C=O) groups excluding carboxylic acids is 1. The van der Waals surface area contributed by atoms with Crippen LogP contribution in [0.2, 0.25) is 0 Å². The first-order chi connectivity index (χ1) is 10.0. The van der Waals surface area contributed by atoms with E-state index in [1.807, 2.05) is 6.92 Å². The van der Waals surface area contributed by atoms with Crippen molar-refractivity contribution in [3.8, 4) is 5.95 Å². The minimum atomic E-state index is -0.916. The molecule has 1 amide bonds. The molecule has 118 valence electrons. The molecule has 0 aromatic carbocycles. The normalized spacial score (nSPS) is 25.6. The minimum Gasteiger partial charge on any atom is -0.465 e. The molecule has 0 saturated carbocycles. The number of hydrogen-bond acceptors (Lipinski definition) is 6. The molecule has 1 saturated heterocycles. The summed E-state index contributed by atoms with van der Waals surface area (Å²) in [6, 6.07) is 3.14. The van der Waals surface area contributed by atoms with Crippen molar-refractivity contribution in [2.75, 3.05) is 33.4 Å². The molecule has 1 aromatic heterocycles. The van der Waals surface area contributed by atoms with Crippen LogP contribution in [-0.2, 0) is 4.74 Å².